The van der Waals surface area contributed by atoms with Gasteiger partial charge in [-0.05, 0) is 31.0 Å². The van der Waals surface area contributed by atoms with E-state index in [4.69, 9.17) is 0 Å². The second-order valence-corrected chi connectivity index (χ2v) is 5.26. The highest BCUT2D eigenvalue weighted by Gasteiger charge is 2.20. The van der Waals surface area contributed by atoms with Crippen LogP contribution in [0.2, 0.25) is 0 Å². The number of unbranched alkanes of at least 4 members (excludes halogenated alkanes) is 2. The fraction of sp³-hybridized carbons (Fsp3) is 0.550. The van der Waals surface area contributed by atoms with Crippen molar-refractivity contribution in [3.8, 4) is 0 Å². The monoisotopic (exact) mass is 320 g/mol. The van der Waals surface area contributed by atoms with E-state index in [1.165, 1.54) is 19.3 Å². The minimum Gasteiger partial charge on any atom is -0.344 e. The largest absolute Gasteiger partial charge is 0.344 e. The average molecular weight is 321 g/mol. The fourth-order valence-corrected chi connectivity index (χ4v) is 2.44. The van der Waals surface area contributed by atoms with Crippen LogP contribution in [0, 0.1) is 0 Å². The Hall–Kier alpha value is -1.61. The van der Waals surface area contributed by atoms with Crippen LogP contribution in [0.4, 0.5) is 5.69 Å². The number of nitrogens with zero attached hydrogens (tertiary/aromatic N) is 1. The minimum absolute atomic E-state index is 0. The van der Waals surface area contributed by atoms with Gasteiger partial charge in [0.25, 0.3) is 0 Å². The summed E-state index contributed by atoms with van der Waals surface area (Å²) in [5, 5.41) is 0. The van der Waals surface area contributed by atoms with Crippen molar-refractivity contribution in [3.05, 3.63) is 36.4 Å². The number of anilines is 1. The highest BCUT2D eigenvalue weighted by Crippen LogP contribution is 2.23. The first-order valence-corrected chi connectivity index (χ1v) is 8.68. The molecule has 0 heterocycles. The van der Waals surface area contributed by atoms with Gasteiger partial charge in [0.15, 0.2) is 0 Å². The van der Waals surface area contributed by atoms with E-state index in [-0.39, 0.29) is 18.1 Å². The third kappa shape index (κ3) is 7.98. The third-order valence-electron chi connectivity index (χ3n) is 3.62. The van der Waals surface area contributed by atoms with Gasteiger partial charge in [0, 0.05) is 18.2 Å². The van der Waals surface area contributed by atoms with E-state index < -0.39 is 0 Å². The van der Waals surface area contributed by atoms with E-state index in [1.807, 2.05) is 56.0 Å². The van der Waals surface area contributed by atoms with Crippen LogP contribution >= 0.6 is 0 Å². The van der Waals surface area contributed by atoms with Crippen molar-refractivity contribution in [3.63, 3.8) is 0 Å². The number of carbonyl (C=O) groups excluding carboxylic acids is 1. The molecule has 0 radical (unpaired) electrons. The first-order valence-electron chi connectivity index (χ1n) is 8.68. The Labute approximate surface area is 143 Å². The molecule has 0 saturated heterocycles. The van der Waals surface area contributed by atoms with Gasteiger partial charge in [0.1, 0.15) is 0 Å². The highest BCUT2D eigenvalue weighted by atomic mass is 16.2. The van der Waals surface area contributed by atoms with Gasteiger partial charge in [0.05, 0.1) is 0 Å². The molecule has 0 spiro atoms. The Morgan fingerprint density at radius 3 is 2.43 bits per heavy atom. The zero-order valence-electron chi connectivity index (χ0n) is 15.8. The van der Waals surface area contributed by atoms with Gasteiger partial charge in [-0.3, -0.25) is 4.79 Å². The maximum Gasteiger partial charge on any atom is 0.226 e. The van der Waals surface area contributed by atoms with Crippen LogP contribution in [0.15, 0.2) is 30.8 Å². The first kappa shape index (κ1) is 23.7. The predicted molar refractivity (Wildman–Crippen MR) is 104 cm³/mol. The summed E-state index contributed by atoms with van der Waals surface area (Å²) in [5.74, 6) is 0.190. The van der Waals surface area contributed by atoms with E-state index in [1.54, 1.807) is 0 Å². The number of carbonyl (C=O) groups is 1. The first-order chi connectivity index (χ1) is 10.6. The van der Waals surface area contributed by atoms with Crippen LogP contribution in [0.25, 0.3) is 6.08 Å². The van der Waals surface area contributed by atoms with Crippen LogP contribution < -0.4 is 11.1 Å². The van der Waals surface area contributed by atoms with Crippen LogP contribution in [-0.2, 0) is 4.79 Å². The molecule has 0 aliphatic carbocycles. The van der Waals surface area contributed by atoms with Crippen molar-refractivity contribution in [2.45, 2.75) is 72.8 Å². The number of hydrogen-bond donors (Lipinski definition) is 1. The molecule has 1 aromatic rings. The molecule has 1 unspecified atom stereocenters. The second kappa shape index (κ2) is 14.0. The molecular weight excluding hydrogens is 284 g/mol. The van der Waals surface area contributed by atoms with Crippen molar-refractivity contribution in [1.29, 1.82) is 0 Å². The molecule has 1 atom stereocenters. The van der Waals surface area contributed by atoms with E-state index in [0.29, 0.717) is 6.42 Å². The lowest BCUT2D eigenvalue weighted by molar-refractivity contribution is -0.118. The summed E-state index contributed by atoms with van der Waals surface area (Å²) in [6.45, 7) is 14.1. The van der Waals surface area contributed by atoms with E-state index in [0.717, 1.165) is 17.7 Å². The van der Waals surface area contributed by atoms with E-state index in [2.05, 4.69) is 20.4 Å². The van der Waals surface area contributed by atoms with Crippen molar-refractivity contribution in [2.24, 2.45) is 0 Å². The normalized spacial score (nSPS) is 10.7. The van der Waals surface area contributed by atoms with Crippen LogP contribution in [-0.4, -0.2) is 11.9 Å². The molecule has 1 rings (SSSR count). The Morgan fingerprint density at radius 1 is 1.26 bits per heavy atom. The summed E-state index contributed by atoms with van der Waals surface area (Å²) < 4.78 is 0. The van der Waals surface area contributed by atoms with Crippen molar-refractivity contribution < 1.29 is 4.79 Å². The summed E-state index contributed by atoms with van der Waals surface area (Å²) in [6, 6.07) is 8.29. The third-order valence-corrected chi connectivity index (χ3v) is 3.62. The Bertz CT molecular complexity index is 443. The summed E-state index contributed by atoms with van der Waals surface area (Å²) >= 11 is 0. The standard InChI is InChI=1S/C18H27NO.C2H6.H3N/c1-5-8-9-11-15(4)19(18(20)7-3)17-13-10-12-16(6-2)14-17;1-2;/h6,10,12-15H,2,5,7-9,11H2,1,3-4H3;1-2H3;1H3. The molecule has 3 nitrogen and oxygen atoms in total. The van der Waals surface area contributed by atoms with Gasteiger partial charge in [-0.1, -0.05) is 71.7 Å². The molecule has 0 aliphatic rings. The van der Waals surface area contributed by atoms with Gasteiger partial charge in [-0.2, -0.15) is 0 Å². The molecule has 0 bridgehead atoms. The van der Waals surface area contributed by atoms with E-state index >= 15 is 0 Å². The quantitative estimate of drug-likeness (QED) is 0.577. The van der Waals surface area contributed by atoms with Crippen LogP contribution in [0.1, 0.15) is 72.3 Å². The summed E-state index contributed by atoms with van der Waals surface area (Å²) in [7, 11) is 0. The Morgan fingerprint density at radius 2 is 1.91 bits per heavy atom. The Balaban J connectivity index is 0. The molecule has 23 heavy (non-hydrogen) atoms. The Kier molecular flexibility index (Phi) is 14.4. The van der Waals surface area contributed by atoms with Crippen molar-refractivity contribution in [2.75, 3.05) is 4.90 Å². The molecule has 3 heteroatoms. The predicted octanol–water partition coefficient (Wildman–Crippen LogP) is 6.23. The average Bonchev–Trinajstić information content (AvgIpc) is 2.57. The lowest BCUT2D eigenvalue weighted by atomic mass is 10.1. The van der Waals surface area contributed by atoms with Gasteiger partial charge in [0.2, 0.25) is 5.91 Å². The minimum atomic E-state index is 0. The fourth-order valence-electron chi connectivity index (χ4n) is 2.44. The smallest absolute Gasteiger partial charge is 0.226 e. The molecule has 3 N–H and O–H groups in total. The maximum absolute atomic E-state index is 12.3. The summed E-state index contributed by atoms with van der Waals surface area (Å²) in [4.78, 5) is 14.2. The summed E-state index contributed by atoms with van der Waals surface area (Å²) in [6.07, 6.45) is 7.02. The van der Waals surface area contributed by atoms with Crippen LogP contribution in [0.3, 0.4) is 0 Å². The number of rotatable bonds is 8. The molecule has 1 amide bonds. The van der Waals surface area contributed by atoms with E-state index in [9.17, 15) is 4.79 Å². The van der Waals surface area contributed by atoms with Crippen LogP contribution in [0.5, 0.6) is 0 Å². The zero-order chi connectivity index (χ0) is 17.0. The zero-order valence-corrected chi connectivity index (χ0v) is 15.8. The molecule has 1 aromatic carbocycles. The van der Waals surface area contributed by atoms with Gasteiger partial charge < -0.3 is 11.1 Å². The maximum atomic E-state index is 12.3. The highest BCUT2D eigenvalue weighted by molar-refractivity contribution is 5.94. The topological polar surface area (TPSA) is 55.3 Å². The lowest BCUT2D eigenvalue weighted by Gasteiger charge is -2.29. The SMILES string of the molecule is C=Cc1cccc(N(C(=O)CC)C(C)CCCCC)c1.CC.N. The molecule has 0 aromatic heterocycles. The number of hydrogen-bond acceptors (Lipinski definition) is 2. The summed E-state index contributed by atoms with van der Waals surface area (Å²) in [5.41, 5.74) is 2.04. The van der Waals surface area contributed by atoms with Gasteiger partial charge in [-0.25, -0.2) is 0 Å². The van der Waals surface area contributed by atoms with Crippen molar-refractivity contribution >= 4 is 17.7 Å². The molecule has 0 saturated carbocycles. The number of benzene rings is 1. The molecular formula is C20H36N2O. The molecule has 0 aliphatic heterocycles. The molecule has 0 fully saturated rings. The van der Waals surface area contributed by atoms with Crippen molar-refractivity contribution in [1.82, 2.24) is 6.15 Å². The lowest BCUT2D eigenvalue weighted by Crippen LogP contribution is -2.38. The van der Waals surface area contributed by atoms with Gasteiger partial charge >= 0.3 is 0 Å². The second-order valence-electron chi connectivity index (χ2n) is 5.26. The number of amides is 1. The van der Waals surface area contributed by atoms with Gasteiger partial charge in [-0.15, -0.1) is 0 Å². The molecule has 132 valence electrons.